The lowest BCUT2D eigenvalue weighted by Crippen LogP contribution is -2.09. The zero-order valence-electron chi connectivity index (χ0n) is 15.8. The molecule has 0 spiro atoms. The van der Waals surface area contributed by atoms with Crippen LogP contribution in [-0.2, 0) is 13.0 Å². The van der Waals surface area contributed by atoms with E-state index in [0.29, 0.717) is 6.61 Å². The molecule has 3 aromatic carbocycles. The molecule has 0 radical (unpaired) electrons. The Morgan fingerprint density at radius 1 is 0.852 bits per heavy atom. The fourth-order valence-electron chi connectivity index (χ4n) is 2.91. The molecule has 0 heterocycles. The molecule has 0 amide bonds. The summed E-state index contributed by atoms with van der Waals surface area (Å²) in [6.07, 6.45) is 1.60. The molecule has 0 N–H and O–H groups in total. The van der Waals surface area contributed by atoms with Crippen molar-refractivity contribution >= 4 is 11.6 Å². The quantitative estimate of drug-likeness (QED) is 0.398. The molecular formula is C24H25ClO2. The van der Waals surface area contributed by atoms with Gasteiger partial charge in [0, 0.05) is 11.6 Å². The Kier molecular flexibility index (Phi) is 6.78. The highest BCUT2D eigenvalue weighted by molar-refractivity contribution is 6.19. The summed E-state index contributed by atoms with van der Waals surface area (Å²) in [7, 11) is 0. The highest BCUT2D eigenvalue weighted by atomic mass is 35.5. The number of alkyl halides is 1. The van der Waals surface area contributed by atoms with Gasteiger partial charge in [-0.2, -0.15) is 0 Å². The van der Waals surface area contributed by atoms with E-state index in [1.165, 1.54) is 0 Å². The van der Waals surface area contributed by atoms with Crippen molar-refractivity contribution in [3.05, 3.63) is 83.9 Å². The number of halogens is 1. The molecule has 3 heteroatoms. The SMILES string of the molecule is CCc1cc(-c2ccccc2)c(OCc2ccccc2)cc1OC(Cl)CC. The average molecular weight is 381 g/mol. The van der Waals surface area contributed by atoms with Crippen LogP contribution in [0, 0.1) is 0 Å². The largest absolute Gasteiger partial charge is 0.488 e. The minimum Gasteiger partial charge on any atom is -0.488 e. The van der Waals surface area contributed by atoms with Gasteiger partial charge in [0.15, 0.2) is 5.56 Å². The first-order valence-corrected chi connectivity index (χ1v) is 9.84. The highest BCUT2D eigenvalue weighted by Crippen LogP contribution is 2.37. The van der Waals surface area contributed by atoms with Crippen molar-refractivity contribution in [1.82, 2.24) is 0 Å². The van der Waals surface area contributed by atoms with Crippen LogP contribution in [0.5, 0.6) is 11.5 Å². The molecule has 3 rings (SSSR count). The number of aryl methyl sites for hydroxylation is 1. The summed E-state index contributed by atoms with van der Waals surface area (Å²) in [6, 6.07) is 24.6. The molecular weight excluding hydrogens is 356 g/mol. The molecule has 0 saturated heterocycles. The lowest BCUT2D eigenvalue weighted by molar-refractivity contribution is 0.268. The van der Waals surface area contributed by atoms with Gasteiger partial charge in [-0.15, -0.1) is 0 Å². The standard InChI is InChI=1S/C24H25ClO2/c1-3-19-15-21(20-13-9-6-10-14-20)23(16-22(19)27-24(25)4-2)26-17-18-11-7-5-8-12-18/h5-16,24H,3-4,17H2,1-2H3. The molecule has 0 bridgehead atoms. The molecule has 1 atom stereocenters. The Hall–Kier alpha value is -2.45. The maximum atomic E-state index is 6.25. The third kappa shape index (κ3) is 5.05. The van der Waals surface area contributed by atoms with Crippen molar-refractivity contribution in [2.24, 2.45) is 0 Å². The summed E-state index contributed by atoms with van der Waals surface area (Å²) in [5.41, 5.74) is 4.10. The van der Waals surface area contributed by atoms with E-state index in [4.69, 9.17) is 21.1 Å². The molecule has 27 heavy (non-hydrogen) atoms. The van der Waals surface area contributed by atoms with Crippen molar-refractivity contribution in [3.8, 4) is 22.6 Å². The van der Waals surface area contributed by atoms with E-state index < -0.39 is 0 Å². The molecule has 0 aliphatic heterocycles. The lowest BCUT2D eigenvalue weighted by atomic mass is 10.00. The average Bonchev–Trinajstić information content (AvgIpc) is 2.73. The fraction of sp³-hybridized carbons (Fsp3) is 0.250. The molecule has 0 aliphatic rings. The highest BCUT2D eigenvalue weighted by Gasteiger charge is 2.15. The van der Waals surface area contributed by atoms with Crippen molar-refractivity contribution in [3.63, 3.8) is 0 Å². The van der Waals surface area contributed by atoms with E-state index in [-0.39, 0.29) is 5.56 Å². The van der Waals surface area contributed by atoms with Gasteiger partial charge in [-0.25, -0.2) is 0 Å². The summed E-state index contributed by atoms with van der Waals surface area (Å²) in [4.78, 5) is 0. The van der Waals surface area contributed by atoms with E-state index in [9.17, 15) is 0 Å². The van der Waals surface area contributed by atoms with Gasteiger partial charge in [0.05, 0.1) is 0 Å². The van der Waals surface area contributed by atoms with Gasteiger partial charge < -0.3 is 9.47 Å². The summed E-state index contributed by atoms with van der Waals surface area (Å²) in [6.45, 7) is 4.63. The third-order valence-corrected chi connectivity index (χ3v) is 4.84. The fourth-order valence-corrected chi connectivity index (χ4v) is 3.01. The van der Waals surface area contributed by atoms with E-state index in [1.807, 2.05) is 49.4 Å². The van der Waals surface area contributed by atoms with Crippen molar-refractivity contribution < 1.29 is 9.47 Å². The number of benzene rings is 3. The van der Waals surface area contributed by atoms with Gasteiger partial charge >= 0.3 is 0 Å². The number of ether oxygens (including phenoxy) is 2. The topological polar surface area (TPSA) is 18.5 Å². The van der Waals surface area contributed by atoms with E-state index >= 15 is 0 Å². The molecule has 3 aromatic rings. The van der Waals surface area contributed by atoms with Gasteiger partial charge in [-0.3, -0.25) is 0 Å². The van der Waals surface area contributed by atoms with Gasteiger partial charge in [0.1, 0.15) is 18.1 Å². The molecule has 0 saturated carbocycles. The predicted octanol–water partition coefficient (Wildman–Crippen LogP) is 6.85. The summed E-state index contributed by atoms with van der Waals surface area (Å²) in [5, 5.41) is 0. The minimum absolute atomic E-state index is 0.347. The van der Waals surface area contributed by atoms with Gasteiger partial charge in [-0.05, 0) is 35.6 Å². The van der Waals surface area contributed by atoms with Crippen LogP contribution in [0.25, 0.3) is 11.1 Å². The van der Waals surface area contributed by atoms with Gasteiger partial charge in [0.25, 0.3) is 0 Å². The Morgan fingerprint density at radius 2 is 1.52 bits per heavy atom. The monoisotopic (exact) mass is 380 g/mol. The molecule has 0 aliphatic carbocycles. The normalized spacial score (nSPS) is 11.8. The number of hydrogen-bond donors (Lipinski definition) is 0. The first-order valence-electron chi connectivity index (χ1n) is 9.41. The predicted molar refractivity (Wildman–Crippen MR) is 113 cm³/mol. The maximum absolute atomic E-state index is 6.25. The second-order valence-electron chi connectivity index (χ2n) is 6.39. The van der Waals surface area contributed by atoms with Crippen LogP contribution in [-0.4, -0.2) is 5.56 Å². The second kappa shape index (κ2) is 9.48. The zero-order chi connectivity index (χ0) is 19.1. The molecule has 0 fully saturated rings. The van der Waals surface area contributed by atoms with Crippen LogP contribution in [0.4, 0.5) is 0 Å². The van der Waals surface area contributed by atoms with Crippen molar-refractivity contribution in [2.45, 2.75) is 38.9 Å². The minimum atomic E-state index is -0.347. The van der Waals surface area contributed by atoms with E-state index in [2.05, 4.69) is 37.3 Å². The van der Waals surface area contributed by atoms with Gasteiger partial charge in [-0.1, -0.05) is 86.1 Å². The molecule has 1 unspecified atom stereocenters. The van der Waals surface area contributed by atoms with Crippen LogP contribution in [0.3, 0.4) is 0 Å². The summed E-state index contributed by atoms with van der Waals surface area (Å²) < 4.78 is 12.2. The first kappa shape index (κ1) is 19.3. The van der Waals surface area contributed by atoms with Crippen molar-refractivity contribution in [2.75, 3.05) is 0 Å². The lowest BCUT2D eigenvalue weighted by Gasteiger charge is -2.19. The number of hydrogen-bond acceptors (Lipinski definition) is 2. The summed E-state index contributed by atoms with van der Waals surface area (Å²) >= 11 is 6.25. The van der Waals surface area contributed by atoms with Gasteiger partial charge in [0.2, 0.25) is 0 Å². The molecule has 0 aromatic heterocycles. The molecule has 2 nitrogen and oxygen atoms in total. The van der Waals surface area contributed by atoms with Crippen LogP contribution < -0.4 is 9.47 Å². The van der Waals surface area contributed by atoms with E-state index in [1.54, 1.807) is 0 Å². The molecule has 140 valence electrons. The van der Waals surface area contributed by atoms with Crippen LogP contribution in [0.1, 0.15) is 31.4 Å². The third-order valence-electron chi connectivity index (χ3n) is 4.44. The van der Waals surface area contributed by atoms with E-state index in [0.717, 1.165) is 46.6 Å². The maximum Gasteiger partial charge on any atom is 0.171 e. The van der Waals surface area contributed by atoms with Crippen LogP contribution >= 0.6 is 11.6 Å². The van der Waals surface area contributed by atoms with Crippen LogP contribution in [0.2, 0.25) is 0 Å². The summed E-state index contributed by atoms with van der Waals surface area (Å²) in [5.74, 6) is 1.60. The number of rotatable bonds is 8. The first-order chi connectivity index (χ1) is 13.2. The van der Waals surface area contributed by atoms with Crippen molar-refractivity contribution in [1.29, 1.82) is 0 Å². The Bertz CT molecular complexity index is 847. The Balaban J connectivity index is 1.99. The van der Waals surface area contributed by atoms with Crippen LogP contribution in [0.15, 0.2) is 72.8 Å². The second-order valence-corrected chi connectivity index (χ2v) is 6.87. The smallest absolute Gasteiger partial charge is 0.171 e. The Labute approximate surface area is 166 Å². The zero-order valence-corrected chi connectivity index (χ0v) is 16.6. The Morgan fingerprint density at radius 3 is 2.15 bits per heavy atom.